The van der Waals surface area contributed by atoms with Crippen LogP contribution in [0.15, 0.2) is 18.2 Å². The number of amides is 1. The van der Waals surface area contributed by atoms with E-state index in [0.29, 0.717) is 0 Å². The Hall–Kier alpha value is -1.99. The molecule has 0 aliphatic rings. The second-order valence-corrected chi connectivity index (χ2v) is 5.09. The molecule has 1 N–H and O–H groups in total. The van der Waals surface area contributed by atoms with Crippen LogP contribution in [0.4, 0.5) is 23.2 Å². The number of halogens is 6. The lowest BCUT2D eigenvalue weighted by molar-refractivity contribution is 0.101. The summed E-state index contributed by atoms with van der Waals surface area (Å²) in [6.45, 7) is 0. The second kappa shape index (κ2) is 6.64. The first-order chi connectivity index (χ1) is 10.8. The van der Waals surface area contributed by atoms with Crippen LogP contribution in [0.1, 0.15) is 10.4 Å². The molecular formula is C14H7Cl2F4NO2. The summed E-state index contributed by atoms with van der Waals surface area (Å²) in [4.78, 5) is 11.9. The van der Waals surface area contributed by atoms with Crippen molar-refractivity contribution in [1.82, 2.24) is 0 Å². The molecule has 23 heavy (non-hydrogen) atoms. The molecule has 0 radical (unpaired) electrons. The highest BCUT2D eigenvalue weighted by Gasteiger charge is 2.30. The molecule has 0 aliphatic carbocycles. The first kappa shape index (κ1) is 17.4. The van der Waals surface area contributed by atoms with Gasteiger partial charge in [-0.2, -0.15) is 8.78 Å². The van der Waals surface area contributed by atoms with Crippen molar-refractivity contribution < 1.29 is 27.1 Å². The Bertz CT molecular complexity index is 770. The summed E-state index contributed by atoms with van der Waals surface area (Å²) < 4.78 is 59.1. The van der Waals surface area contributed by atoms with Crippen molar-refractivity contribution >= 4 is 34.8 Å². The third-order valence-electron chi connectivity index (χ3n) is 2.83. The SMILES string of the molecule is COc1c(F)c(F)c(C(=O)Nc2ccc(Cl)cc2Cl)c(F)c1F. The Labute approximate surface area is 137 Å². The van der Waals surface area contributed by atoms with Gasteiger partial charge >= 0.3 is 0 Å². The van der Waals surface area contributed by atoms with Crippen molar-refractivity contribution in [2.45, 2.75) is 0 Å². The Balaban J connectivity index is 2.48. The third-order valence-corrected chi connectivity index (χ3v) is 3.38. The van der Waals surface area contributed by atoms with Crippen molar-refractivity contribution in [2.24, 2.45) is 0 Å². The van der Waals surface area contributed by atoms with Crippen molar-refractivity contribution in [3.8, 4) is 5.75 Å². The predicted octanol–water partition coefficient (Wildman–Crippen LogP) is 4.81. The van der Waals surface area contributed by atoms with Gasteiger partial charge in [-0.1, -0.05) is 23.2 Å². The predicted molar refractivity (Wildman–Crippen MR) is 77.2 cm³/mol. The number of benzene rings is 2. The number of carbonyl (C=O) groups excluding carboxylic acids is 1. The zero-order chi connectivity index (χ0) is 17.3. The van der Waals surface area contributed by atoms with E-state index in [-0.39, 0.29) is 15.7 Å². The molecule has 3 nitrogen and oxygen atoms in total. The summed E-state index contributed by atoms with van der Waals surface area (Å²) in [6.07, 6.45) is 0. The van der Waals surface area contributed by atoms with Gasteiger partial charge in [0.15, 0.2) is 17.4 Å². The van der Waals surface area contributed by atoms with Crippen molar-refractivity contribution in [1.29, 1.82) is 0 Å². The minimum absolute atomic E-state index is 0.0267. The van der Waals surface area contributed by atoms with E-state index in [1.807, 2.05) is 5.32 Å². The van der Waals surface area contributed by atoms with Crippen molar-refractivity contribution in [2.75, 3.05) is 12.4 Å². The molecule has 1 amide bonds. The van der Waals surface area contributed by atoms with Crippen LogP contribution >= 0.6 is 23.2 Å². The molecule has 0 spiro atoms. The van der Waals surface area contributed by atoms with E-state index in [1.54, 1.807) is 0 Å². The molecule has 2 aromatic carbocycles. The van der Waals surface area contributed by atoms with Crippen LogP contribution in [0.25, 0.3) is 0 Å². The van der Waals surface area contributed by atoms with E-state index in [2.05, 4.69) is 4.74 Å². The number of methoxy groups -OCH3 is 1. The average molecular weight is 368 g/mol. The van der Waals surface area contributed by atoms with Gasteiger partial charge in [-0.25, -0.2) is 8.78 Å². The number of hydrogen-bond donors (Lipinski definition) is 1. The number of rotatable bonds is 3. The lowest BCUT2D eigenvalue weighted by Gasteiger charge is -2.12. The van der Waals surface area contributed by atoms with Crippen LogP contribution in [-0.2, 0) is 0 Å². The molecule has 0 bridgehead atoms. The summed E-state index contributed by atoms with van der Waals surface area (Å²) in [5, 5.41) is 2.27. The quantitative estimate of drug-likeness (QED) is 0.624. The maximum Gasteiger partial charge on any atom is 0.261 e. The normalized spacial score (nSPS) is 10.6. The first-order valence-corrected chi connectivity index (χ1v) is 6.69. The van der Waals surface area contributed by atoms with Crippen LogP contribution < -0.4 is 10.1 Å². The number of nitrogens with one attached hydrogen (secondary N) is 1. The van der Waals surface area contributed by atoms with E-state index in [9.17, 15) is 22.4 Å². The molecule has 0 fully saturated rings. The lowest BCUT2D eigenvalue weighted by atomic mass is 10.1. The van der Waals surface area contributed by atoms with Gasteiger partial charge < -0.3 is 10.1 Å². The van der Waals surface area contributed by atoms with E-state index in [0.717, 1.165) is 7.11 Å². The molecule has 0 aromatic heterocycles. The summed E-state index contributed by atoms with van der Waals surface area (Å²) in [5.74, 6) is -10.1. The summed E-state index contributed by atoms with van der Waals surface area (Å²) in [7, 11) is 0.827. The zero-order valence-corrected chi connectivity index (χ0v) is 12.8. The van der Waals surface area contributed by atoms with Crippen LogP contribution in [0.2, 0.25) is 10.0 Å². The van der Waals surface area contributed by atoms with Gasteiger partial charge in [0.1, 0.15) is 5.56 Å². The van der Waals surface area contributed by atoms with Crippen molar-refractivity contribution in [3.63, 3.8) is 0 Å². The molecule has 0 aliphatic heterocycles. The van der Waals surface area contributed by atoms with Gasteiger partial charge in [0.25, 0.3) is 5.91 Å². The van der Waals surface area contributed by atoms with Gasteiger partial charge in [-0.15, -0.1) is 0 Å². The average Bonchev–Trinajstić information content (AvgIpc) is 2.49. The topological polar surface area (TPSA) is 38.3 Å². The number of hydrogen-bond acceptors (Lipinski definition) is 2. The molecule has 0 heterocycles. The highest BCUT2D eigenvalue weighted by molar-refractivity contribution is 6.36. The first-order valence-electron chi connectivity index (χ1n) is 5.94. The van der Waals surface area contributed by atoms with Gasteiger partial charge in [-0.05, 0) is 18.2 Å². The molecule has 0 saturated carbocycles. The second-order valence-electron chi connectivity index (χ2n) is 4.24. The van der Waals surface area contributed by atoms with Crippen LogP contribution in [0.5, 0.6) is 5.75 Å². The molecule has 0 atom stereocenters. The van der Waals surface area contributed by atoms with Gasteiger partial charge in [0.05, 0.1) is 17.8 Å². The summed E-state index contributed by atoms with van der Waals surface area (Å²) in [5.41, 5.74) is -1.48. The fourth-order valence-electron chi connectivity index (χ4n) is 1.77. The summed E-state index contributed by atoms with van der Waals surface area (Å²) >= 11 is 11.5. The monoisotopic (exact) mass is 367 g/mol. The Morgan fingerprint density at radius 3 is 2.09 bits per heavy atom. The smallest absolute Gasteiger partial charge is 0.261 e. The lowest BCUT2D eigenvalue weighted by Crippen LogP contribution is -2.19. The van der Waals surface area contributed by atoms with E-state index in [4.69, 9.17) is 23.2 Å². The standard InChI is InChI=1S/C14H7Cl2F4NO2/c1-23-13-11(19)9(17)8(10(18)12(13)20)14(22)21-7-3-2-5(15)4-6(7)16/h2-4H,1H3,(H,21,22). The minimum atomic E-state index is -1.89. The maximum absolute atomic E-state index is 13.8. The zero-order valence-electron chi connectivity index (χ0n) is 11.3. The summed E-state index contributed by atoms with van der Waals surface area (Å²) in [6, 6.07) is 3.88. The highest BCUT2D eigenvalue weighted by Crippen LogP contribution is 2.31. The Kier molecular flexibility index (Phi) is 5.01. The fraction of sp³-hybridized carbons (Fsp3) is 0.0714. The van der Waals surface area contributed by atoms with Crippen molar-refractivity contribution in [3.05, 3.63) is 57.1 Å². The van der Waals surface area contributed by atoms with Crippen LogP contribution in [0, 0.1) is 23.3 Å². The highest BCUT2D eigenvalue weighted by atomic mass is 35.5. The molecule has 2 rings (SSSR count). The molecule has 9 heteroatoms. The molecule has 0 saturated heterocycles. The van der Waals surface area contributed by atoms with E-state index in [1.165, 1.54) is 18.2 Å². The molecule has 122 valence electrons. The molecule has 2 aromatic rings. The van der Waals surface area contributed by atoms with Gasteiger partial charge in [-0.3, -0.25) is 4.79 Å². The van der Waals surface area contributed by atoms with Crippen LogP contribution in [0.3, 0.4) is 0 Å². The van der Waals surface area contributed by atoms with E-state index < -0.39 is 40.5 Å². The number of anilines is 1. The number of carbonyl (C=O) groups is 1. The maximum atomic E-state index is 13.8. The Morgan fingerprint density at radius 2 is 1.61 bits per heavy atom. The number of ether oxygens (including phenoxy) is 1. The largest absolute Gasteiger partial charge is 0.491 e. The van der Waals surface area contributed by atoms with Gasteiger partial charge in [0.2, 0.25) is 11.6 Å². The van der Waals surface area contributed by atoms with Gasteiger partial charge in [0, 0.05) is 5.02 Å². The van der Waals surface area contributed by atoms with Crippen LogP contribution in [-0.4, -0.2) is 13.0 Å². The fourth-order valence-corrected chi connectivity index (χ4v) is 2.22. The Morgan fingerprint density at radius 1 is 1.04 bits per heavy atom. The minimum Gasteiger partial charge on any atom is -0.491 e. The van der Waals surface area contributed by atoms with E-state index >= 15 is 0 Å². The third kappa shape index (κ3) is 3.20. The molecule has 0 unspecified atom stereocenters. The molecular weight excluding hydrogens is 361 g/mol.